The number of benzene rings is 2. The second kappa shape index (κ2) is 6.26. The molecule has 152 valence electrons. The largest absolute Gasteiger partial charge is 0.506 e. The lowest BCUT2D eigenvalue weighted by Gasteiger charge is -2.14. The van der Waals surface area contributed by atoms with Crippen LogP contribution in [0.3, 0.4) is 0 Å². The van der Waals surface area contributed by atoms with Crippen LogP contribution in [0.1, 0.15) is 46.7 Å². The van der Waals surface area contributed by atoms with Gasteiger partial charge < -0.3 is 24.4 Å². The molecule has 7 heteroatoms. The summed E-state index contributed by atoms with van der Waals surface area (Å²) in [6, 6.07) is 7.68. The van der Waals surface area contributed by atoms with Crippen molar-refractivity contribution in [3.63, 3.8) is 0 Å². The highest BCUT2D eigenvalue weighted by atomic mass is 16.7. The first-order valence-corrected chi connectivity index (χ1v) is 10.1. The molecule has 0 bridgehead atoms. The van der Waals surface area contributed by atoms with Crippen molar-refractivity contribution in [3.05, 3.63) is 62.5 Å². The fourth-order valence-corrected chi connectivity index (χ4v) is 4.83. The van der Waals surface area contributed by atoms with Crippen molar-refractivity contribution in [2.24, 2.45) is 5.10 Å². The van der Waals surface area contributed by atoms with Gasteiger partial charge in [-0.25, -0.2) is 4.79 Å². The average molecular weight is 404 g/mol. The molecule has 0 unspecified atom stereocenters. The van der Waals surface area contributed by atoms with Gasteiger partial charge in [0.15, 0.2) is 11.5 Å². The molecule has 0 saturated heterocycles. The number of nitrogens with zero attached hydrogens (tertiary/aromatic N) is 1. The number of hydrogen-bond acceptors (Lipinski definition) is 7. The minimum atomic E-state index is -0.288. The third-order valence-electron chi connectivity index (χ3n) is 6.27. The zero-order valence-electron chi connectivity index (χ0n) is 16.4. The highest BCUT2D eigenvalue weighted by molar-refractivity contribution is 6.09. The van der Waals surface area contributed by atoms with Crippen molar-refractivity contribution in [1.82, 2.24) is 5.43 Å². The maximum absolute atomic E-state index is 12.3. The maximum atomic E-state index is 12.3. The average Bonchev–Trinajstić information content (AvgIpc) is 3.47. The van der Waals surface area contributed by atoms with Crippen LogP contribution in [0.5, 0.6) is 17.2 Å². The number of nitrogens with one attached hydrogen (secondary N) is 1. The Kier molecular flexibility index (Phi) is 3.63. The normalized spacial score (nSPS) is 19.1. The fourth-order valence-electron chi connectivity index (χ4n) is 4.83. The molecule has 1 aromatic heterocycles. The number of phenols is 1. The van der Waals surface area contributed by atoms with E-state index in [0.29, 0.717) is 34.9 Å². The Hall–Kier alpha value is -3.48. The summed E-state index contributed by atoms with van der Waals surface area (Å²) in [5.41, 5.74) is 8.31. The van der Waals surface area contributed by atoms with E-state index in [9.17, 15) is 9.90 Å². The predicted molar refractivity (Wildman–Crippen MR) is 111 cm³/mol. The summed E-state index contributed by atoms with van der Waals surface area (Å²) >= 11 is 0. The fraction of sp³-hybridized carbons (Fsp3) is 0.304. The van der Waals surface area contributed by atoms with E-state index in [1.165, 1.54) is 0 Å². The summed E-state index contributed by atoms with van der Waals surface area (Å²) in [6.07, 6.45) is 3.00. The molecule has 3 aliphatic rings. The molecule has 0 amide bonds. The third-order valence-corrected chi connectivity index (χ3v) is 6.27. The summed E-state index contributed by atoms with van der Waals surface area (Å²) in [6.45, 7) is 2.14. The van der Waals surface area contributed by atoms with Crippen molar-refractivity contribution in [2.45, 2.75) is 38.6 Å². The number of fused-ring (bicyclic) bond motifs is 4. The first-order chi connectivity index (χ1) is 14.6. The van der Waals surface area contributed by atoms with E-state index in [1.807, 2.05) is 31.2 Å². The number of hydrazone groups is 1. The number of aromatic hydroxyl groups is 1. The van der Waals surface area contributed by atoms with Gasteiger partial charge >= 0.3 is 5.63 Å². The van der Waals surface area contributed by atoms with E-state index in [-0.39, 0.29) is 24.2 Å². The standard InChI is InChI=1S/C23H20N2O5/c1-11-7-19-21(13-3-2-4-14(13)23(27)30-19)22(26)20(11)16-9-15(24-25-16)12-5-6-17-18(8-12)29-10-28-17/h5-8,15,24,26H,2-4,9-10H2,1H3/t15-/m0/s1. The first-order valence-electron chi connectivity index (χ1n) is 10.1. The molecule has 0 saturated carbocycles. The zero-order chi connectivity index (χ0) is 20.4. The van der Waals surface area contributed by atoms with E-state index >= 15 is 0 Å². The van der Waals surface area contributed by atoms with Gasteiger partial charge in [-0.2, -0.15) is 5.10 Å². The van der Waals surface area contributed by atoms with Gasteiger partial charge in [-0.3, -0.25) is 0 Å². The molecule has 1 atom stereocenters. The SMILES string of the molecule is Cc1cc2oc(=O)c3c(c2c(O)c1C1=NN[C@H](c2ccc4c(c2)OCO4)C1)CCC3. The molecule has 2 N–H and O–H groups in total. The maximum Gasteiger partial charge on any atom is 0.339 e. The van der Waals surface area contributed by atoms with Crippen LogP contribution in [0.2, 0.25) is 0 Å². The van der Waals surface area contributed by atoms with Gasteiger partial charge in [0.2, 0.25) is 6.79 Å². The Labute approximate surface area is 171 Å². The summed E-state index contributed by atoms with van der Waals surface area (Å²) in [4.78, 5) is 12.3. The molecule has 0 spiro atoms. The minimum Gasteiger partial charge on any atom is -0.506 e. The highest BCUT2D eigenvalue weighted by Gasteiger charge is 2.29. The Morgan fingerprint density at radius 3 is 2.87 bits per heavy atom. The van der Waals surface area contributed by atoms with Crippen LogP contribution >= 0.6 is 0 Å². The van der Waals surface area contributed by atoms with Gasteiger partial charge in [0.25, 0.3) is 0 Å². The van der Waals surface area contributed by atoms with Crippen LogP contribution in [-0.4, -0.2) is 17.6 Å². The van der Waals surface area contributed by atoms with Crippen LogP contribution in [0.25, 0.3) is 11.0 Å². The Bertz CT molecular complexity index is 1310. The smallest absolute Gasteiger partial charge is 0.339 e. The molecule has 3 aromatic rings. The summed E-state index contributed by atoms with van der Waals surface area (Å²) < 4.78 is 16.4. The summed E-state index contributed by atoms with van der Waals surface area (Å²) in [7, 11) is 0. The quantitative estimate of drug-likeness (QED) is 0.636. The van der Waals surface area contributed by atoms with Crippen molar-refractivity contribution < 1.29 is 19.0 Å². The number of hydrogen-bond donors (Lipinski definition) is 2. The molecule has 3 heterocycles. The van der Waals surface area contributed by atoms with Crippen LogP contribution in [-0.2, 0) is 12.8 Å². The number of aryl methyl sites for hydroxylation is 2. The second-order valence-corrected chi connectivity index (χ2v) is 8.05. The van der Waals surface area contributed by atoms with Crippen molar-refractivity contribution in [1.29, 1.82) is 0 Å². The van der Waals surface area contributed by atoms with Crippen LogP contribution in [0.4, 0.5) is 0 Å². The zero-order valence-corrected chi connectivity index (χ0v) is 16.4. The van der Waals surface area contributed by atoms with Crippen LogP contribution in [0, 0.1) is 6.92 Å². The Morgan fingerprint density at radius 2 is 1.97 bits per heavy atom. The molecular formula is C23H20N2O5. The molecule has 2 aromatic carbocycles. The van der Waals surface area contributed by atoms with Crippen LogP contribution in [0.15, 0.2) is 38.6 Å². The summed E-state index contributed by atoms with van der Waals surface area (Å²) in [5, 5.41) is 16.4. The van der Waals surface area contributed by atoms with Crippen molar-refractivity contribution in [3.8, 4) is 17.2 Å². The highest BCUT2D eigenvalue weighted by Crippen LogP contribution is 2.40. The molecule has 2 aliphatic heterocycles. The number of ether oxygens (including phenoxy) is 2. The molecular weight excluding hydrogens is 384 g/mol. The lowest BCUT2D eigenvalue weighted by Crippen LogP contribution is -2.10. The van der Waals surface area contributed by atoms with Crippen molar-refractivity contribution in [2.75, 3.05) is 6.79 Å². The molecule has 0 fully saturated rings. The van der Waals surface area contributed by atoms with E-state index in [0.717, 1.165) is 46.7 Å². The monoisotopic (exact) mass is 404 g/mol. The van der Waals surface area contributed by atoms with Gasteiger partial charge in [-0.05, 0) is 61.1 Å². The first kappa shape index (κ1) is 17.4. The second-order valence-electron chi connectivity index (χ2n) is 8.05. The van der Waals surface area contributed by atoms with E-state index in [4.69, 9.17) is 13.9 Å². The lowest BCUT2D eigenvalue weighted by molar-refractivity contribution is 0.174. The van der Waals surface area contributed by atoms with E-state index < -0.39 is 0 Å². The van der Waals surface area contributed by atoms with Gasteiger partial charge in [-0.15, -0.1) is 0 Å². The Morgan fingerprint density at radius 1 is 1.13 bits per heavy atom. The third kappa shape index (κ3) is 2.44. The number of phenolic OH excluding ortho intramolecular Hbond substituents is 1. The van der Waals surface area contributed by atoms with E-state index in [2.05, 4.69) is 10.5 Å². The van der Waals surface area contributed by atoms with Crippen LogP contribution < -0.4 is 20.5 Å². The Balaban J connectivity index is 1.40. The molecule has 0 radical (unpaired) electrons. The molecule has 7 nitrogen and oxygen atoms in total. The molecule has 6 rings (SSSR count). The van der Waals surface area contributed by atoms with Gasteiger partial charge in [-0.1, -0.05) is 6.07 Å². The van der Waals surface area contributed by atoms with Crippen molar-refractivity contribution >= 4 is 16.7 Å². The topological polar surface area (TPSA) is 93.3 Å². The van der Waals surface area contributed by atoms with Gasteiger partial charge in [0.05, 0.1) is 17.1 Å². The molecule has 1 aliphatic carbocycles. The van der Waals surface area contributed by atoms with Gasteiger partial charge in [0.1, 0.15) is 11.3 Å². The number of rotatable bonds is 2. The lowest BCUT2D eigenvalue weighted by atomic mass is 9.92. The summed E-state index contributed by atoms with van der Waals surface area (Å²) in [5.74, 6) is 1.63. The van der Waals surface area contributed by atoms with Gasteiger partial charge in [0, 0.05) is 17.5 Å². The predicted octanol–water partition coefficient (Wildman–Crippen LogP) is 3.46. The van der Waals surface area contributed by atoms with E-state index in [1.54, 1.807) is 0 Å². The minimum absolute atomic E-state index is 0.0246. The molecule has 30 heavy (non-hydrogen) atoms.